The Labute approximate surface area is 225 Å². The number of hydrogen-bond acceptors (Lipinski definition) is 7. The van der Waals surface area contributed by atoms with Gasteiger partial charge in [0.1, 0.15) is 24.4 Å². The van der Waals surface area contributed by atoms with Crippen molar-refractivity contribution < 1.29 is 33.7 Å². The summed E-state index contributed by atoms with van der Waals surface area (Å²) < 4.78 is 18.5. The normalized spacial score (nSPS) is 26.8. The van der Waals surface area contributed by atoms with Crippen LogP contribution in [0.4, 0.5) is 0 Å². The van der Waals surface area contributed by atoms with E-state index in [-0.39, 0.29) is 11.6 Å². The van der Waals surface area contributed by atoms with Crippen LogP contribution in [0.25, 0.3) is 0 Å². The number of ether oxygens (including phenoxy) is 2. The summed E-state index contributed by atoms with van der Waals surface area (Å²) in [6.45, 7) is 9.51. The third-order valence-electron chi connectivity index (χ3n) is 7.72. The Morgan fingerprint density at radius 3 is 1.76 bits per heavy atom. The van der Waals surface area contributed by atoms with E-state index in [1.807, 2.05) is 36.4 Å². The van der Waals surface area contributed by atoms with Crippen LogP contribution in [0.15, 0.2) is 71.8 Å². The Bertz CT molecular complexity index is 1130. The minimum absolute atomic E-state index is 0.0315. The summed E-state index contributed by atoms with van der Waals surface area (Å²) in [7, 11) is -1.56. The summed E-state index contributed by atoms with van der Waals surface area (Å²) in [5.41, 5.74) is 0.590. The van der Waals surface area contributed by atoms with Crippen molar-refractivity contribution in [1.82, 2.24) is 4.90 Å². The number of imide groups is 1. The first kappa shape index (κ1) is 28.3. The number of aliphatic hydroxyl groups is 2. The predicted octanol–water partition coefficient (Wildman–Crippen LogP) is 1.73. The molecule has 8 nitrogen and oxygen atoms in total. The molecule has 0 radical (unpaired) electrons. The lowest BCUT2D eigenvalue weighted by Crippen LogP contribution is -2.69. The molecule has 0 spiro atoms. The lowest BCUT2D eigenvalue weighted by atomic mass is 9.95. The zero-order chi connectivity index (χ0) is 27.8. The Hall–Kier alpha value is -2.66. The molecule has 2 aliphatic rings. The third kappa shape index (κ3) is 4.68. The van der Waals surface area contributed by atoms with Gasteiger partial charge in [0.15, 0.2) is 6.29 Å². The van der Waals surface area contributed by atoms with Crippen LogP contribution < -0.4 is 10.4 Å². The fraction of sp³-hybridized carbons (Fsp3) is 0.448. The van der Waals surface area contributed by atoms with Crippen LogP contribution >= 0.6 is 0 Å². The molecule has 1 saturated heterocycles. The van der Waals surface area contributed by atoms with Crippen LogP contribution in [0.2, 0.25) is 5.04 Å². The first-order chi connectivity index (χ1) is 18.0. The number of amides is 2. The van der Waals surface area contributed by atoms with Crippen molar-refractivity contribution >= 4 is 30.5 Å². The van der Waals surface area contributed by atoms with Crippen molar-refractivity contribution in [3.05, 3.63) is 71.8 Å². The highest BCUT2D eigenvalue weighted by molar-refractivity contribution is 6.99. The molecule has 1 fully saturated rings. The van der Waals surface area contributed by atoms with Gasteiger partial charge in [-0.05, 0) is 29.3 Å². The van der Waals surface area contributed by atoms with E-state index in [1.165, 1.54) is 7.11 Å². The van der Waals surface area contributed by atoms with Gasteiger partial charge in [0, 0.05) is 18.3 Å². The number of carbonyl (C=O) groups is 2. The van der Waals surface area contributed by atoms with Crippen molar-refractivity contribution in [1.29, 1.82) is 0 Å². The molecule has 0 saturated carbocycles. The molecule has 2 N–H and O–H groups in total. The van der Waals surface area contributed by atoms with E-state index in [9.17, 15) is 19.8 Å². The maximum absolute atomic E-state index is 12.8. The summed E-state index contributed by atoms with van der Waals surface area (Å²) in [4.78, 5) is 26.6. The van der Waals surface area contributed by atoms with Gasteiger partial charge in [-0.15, -0.1) is 0 Å². The first-order valence-electron chi connectivity index (χ1n) is 12.8. The van der Waals surface area contributed by atoms with Gasteiger partial charge < -0.3 is 24.1 Å². The van der Waals surface area contributed by atoms with Crippen LogP contribution in [-0.4, -0.2) is 79.6 Å². The van der Waals surface area contributed by atoms with E-state index in [0.29, 0.717) is 11.1 Å². The van der Waals surface area contributed by atoms with Gasteiger partial charge in [-0.3, -0.25) is 14.5 Å². The van der Waals surface area contributed by atoms with Crippen LogP contribution in [-0.2, 0) is 23.5 Å². The molecule has 0 aromatic heterocycles. The molecular formula is C29H37NO7Si. The largest absolute Gasteiger partial charge is 0.405 e. The van der Waals surface area contributed by atoms with Gasteiger partial charge in [-0.2, -0.15) is 0 Å². The van der Waals surface area contributed by atoms with Crippen molar-refractivity contribution in [3.8, 4) is 0 Å². The zero-order valence-corrected chi connectivity index (χ0v) is 23.8. The topological polar surface area (TPSA) is 106 Å². The smallest absolute Gasteiger partial charge is 0.261 e. The molecule has 0 aliphatic carbocycles. The quantitative estimate of drug-likeness (QED) is 0.408. The fourth-order valence-electron chi connectivity index (χ4n) is 5.54. The highest BCUT2D eigenvalue weighted by atomic mass is 28.4. The molecule has 2 heterocycles. The number of rotatable bonds is 7. The highest BCUT2D eigenvalue weighted by Crippen LogP contribution is 2.38. The van der Waals surface area contributed by atoms with Gasteiger partial charge in [-0.25, -0.2) is 0 Å². The highest BCUT2D eigenvalue weighted by Gasteiger charge is 2.55. The second kappa shape index (κ2) is 10.8. The van der Waals surface area contributed by atoms with Crippen molar-refractivity contribution in [2.24, 2.45) is 0 Å². The van der Waals surface area contributed by atoms with E-state index in [0.717, 1.165) is 15.3 Å². The Morgan fingerprint density at radius 2 is 1.34 bits per heavy atom. The molecular weight excluding hydrogens is 502 g/mol. The molecule has 2 amide bonds. The lowest BCUT2D eigenvalue weighted by molar-refractivity contribution is -0.274. The zero-order valence-electron chi connectivity index (χ0n) is 22.8. The minimum Gasteiger partial charge on any atom is -0.405 e. The molecule has 204 valence electrons. The van der Waals surface area contributed by atoms with Gasteiger partial charge in [0.05, 0.1) is 6.61 Å². The number of hydrogen-bond donors (Lipinski definition) is 2. The molecule has 2 aromatic rings. The molecule has 2 aromatic carbocycles. The molecule has 9 heteroatoms. The molecule has 4 rings (SSSR count). The van der Waals surface area contributed by atoms with E-state index in [4.69, 9.17) is 13.9 Å². The van der Waals surface area contributed by atoms with Crippen LogP contribution in [0.3, 0.4) is 0 Å². The van der Waals surface area contributed by atoms with Crippen molar-refractivity contribution in [3.63, 3.8) is 0 Å². The molecule has 38 heavy (non-hydrogen) atoms. The monoisotopic (exact) mass is 539 g/mol. The van der Waals surface area contributed by atoms with E-state index in [1.54, 1.807) is 13.8 Å². The average Bonchev–Trinajstić information content (AvgIpc) is 3.09. The number of benzene rings is 2. The Kier molecular flexibility index (Phi) is 8.09. The Morgan fingerprint density at radius 1 is 0.868 bits per heavy atom. The molecule has 5 atom stereocenters. The van der Waals surface area contributed by atoms with Gasteiger partial charge in [-0.1, -0.05) is 81.4 Å². The summed E-state index contributed by atoms with van der Waals surface area (Å²) >= 11 is 0. The number of methoxy groups -OCH3 is 1. The summed E-state index contributed by atoms with van der Waals surface area (Å²) in [5.74, 6) is -1.06. The Balaban J connectivity index is 1.66. The maximum Gasteiger partial charge on any atom is 0.261 e. The number of nitrogens with zero attached hydrogens (tertiary/aromatic N) is 1. The standard InChI is InChI=1S/C29H37NO7Si/c1-18-19(2)27(34)30(26(18)33)23-25(32)24(31)22(37-28(23)35-6)17-36-38(29(3,4)5,20-13-9-7-10-14-20)21-15-11-8-12-16-21/h7-16,22-25,28,31-32H,17H2,1-6H3/t22-,23-,24-,25-,28+/m1/s1. The molecule has 0 bridgehead atoms. The number of aliphatic hydroxyl groups excluding tert-OH is 2. The van der Waals surface area contributed by atoms with Crippen molar-refractivity contribution in [2.45, 2.75) is 70.3 Å². The van der Waals surface area contributed by atoms with Gasteiger partial charge >= 0.3 is 0 Å². The third-order valence-corrected chi connectivity index (χ3v) is 12.7. The number of carbonyl (C=O) groups excluding carboxylic acids is 2. The van der Waals surface area contributed by atoms with Crippen LogP contribution in [0.5, 0.6) is 0 Å². The SMILES string of the molecule is CO[C@H]1O[C@H](CO[Si](c2ccccc2)(c2ccccc2)C(C)(C)C)[C@@H](O)[C@H](O)[C@H]1N1C(=O)C(C)=C(C)C1=O. The summed E-state index contributed by atoms with van der Waals surface area (Å²) in [6.07, 6.45) is -5.02. The minimum atomic E-state index is -2.94. The second-order valence-corrected chi connectivity index (χ2v) is 15.3. The van der Waals surface area contributed by atoms with E-state index >= 15 is 0 Å². The predicted molar refractivity (Wildman–Crippen MR) is 145 cm³/mol. The van der Waals surface area contributed by atoms with E-state index < -0.39 is 50.8 Å². The molecule has 0 unspecified atom stereocenters. The molecule has 2 aliphatic heterocycles. The average molecular weight is 540 g/mol. The lowest BCUT2D eigenvalue weighted by Gasteiger charge is -2.47. The van der Waals surface area contributed by atoms with Crippen LogP contribution in [0, 0.1) is 0 Å². The van der Waals surface area contributed by atoms with Gasteiger partial charge in [0.25, 0.3) is 20.1 Å². The maximum atomic E-state index is 12.8. The van der Waals surface area contributed by atoms with E-state index in [2.05, 4.69) is 45.0 Å². The second-order valence-electron chi connectivity index (χ2n) is 11.0. The fourth-order valence-corrected chi connectivity index (χ4v) is 10.1. The van der Waals surface area contributed by atoms with Crippen LogP contribution in [0.1, 0.15) is 34.6 Å². The first-order valence-corrected chi connectivity index (χ1v) is 14.7. The van der Waals surface area contributed by atoms with Gasteiger partial charge in [0.2, 0.25) is 0 Å². The van der Waals surface area contributed by atoms with Crippen molar-refractivity contribution in [2.75, 3.05) is 13.7 Å². The summed E-state index contributed by atoms with van der Waals surface area (Å²) in [6, 6.07) is 18.9. The summed E-state index contributed by atoms with van der Waals surface area (Å²) in [5, 5.41) is 24.2.